The molecule has 1 heterocycles. The SMILES string of the molecule is Cc1c(-c2ccccc2)noc1N(C)C(=O)CCl. The number of alkyl halides is 1. The molecule has 4 nitrogen and oxygen atoms in total. The van der Waals surface area contributed by atoms with E-state index < -0.39 is 0 Å². The minimum absolute atomic E-state index is 0.0860. The van der Waals surface area contributed by atoms with Crippen molar-refractivity contribution in [2.45, 2.75) is 6.92 Å². The molecule has 0 N–H and O–H groups in total. The van der Waals surface area contributed by atoms with Crippen LogP contribution in [0.1, 0.15) is 5.56 Å². The third-order valence-electron chi connectivity index (χ3n) is 2.74. The second-order valence-electron chi connectivity index (χ2n) is 3.91. The zero-order valence-electron chi connectivity index (χ0n) is 10.2. The lowest BCUT2D eigenvalue weighted by atomic mass is 10.1. The van der Waals surface area contributed by atoms with Gasteiger partial charge in [-0.15, -0.1) is 11.6 Å². The van der Waals surface area contributed by atoms with Crippen molar-refractivity contribution in [1.82, 2.24) is 5.16 Å². The first kappa shape index (κ1) is 12.6. The summed E-state index contributed by atoms with van der Waals surface area (Å²) in [4.78, 5) is 12.9. The molecule has 0 aliphatic heterocycles. The summed E-state index contributed by atoms with van der Waals surface area (Å²) in [5, 5.41) is 4.01. The zero-order valence-corrected chi connectivity index (χ0v) is 10.9. The average molecular weight is 265 g/mol. The van der Waals surface area contributed by atoms with Crippen LogP contribution in [0.4, 0.5) is 5.88 Å². The first-order chi connectivity index (χ1) is 8.65. The van der Waals surface area contributed by atoms with Crippen LogP contribution in [0.5, 0.6) is 0 Å². The molecule has 1 amide bonds. The highest BCUT2D eigenvalue weighted by Crippen LogP contribution is 2.29. The van der Waals surface area contributed by atoms with Crippen molar-refractivity contribution < 1.29 is 9.32 Å². The molecule has 94 valence electrons. The number of nitrogens with zero attached hydrogens (tertiary/aromatic N) is 2. The fraction of sp³-hybridized carbons (Fsp3) is 0.231. The Kier molecular flexibility index (Phi) is 3.67. The Morgan fingerprint density at radius 3 is 2.67 bits per heavy atom. The van der Waals surface area contributed by atoms with E-state index in [9.17, 15) is 4.79 Å². The van der Waals surface area contributed by atoms with Crippen molar-refractivity contribution in [1.29, 1.82) is 0 Å². The van der Waals surface area contributed by atoms with E-state index in [1.165, 1.54) is 4.90 Å². The largest absolute Gasteiger partial charge is 0.337 e. The quantitative estimate of drug-likeness (QED) is 0.801. The van der Waals surface area contributed by atoms with E-state index in [4.69, 9.17) is 16.1 Å². The molecule has 0 aliphatic rings. The Morgan fingerprint density at radius 2 is 2.06 bits per heavy atom. The van der Waals surface area contributed by atoms with Crippen LogP contribution in [0.15, 0.2) is 34.9 Å². The summed E-state index contributed by atoms with van der Waals surface area (Å²) in [7, 11) is 1.62. The molecule has 18 heavy (non-hydrogen) atoms. The fourth-order valence-electron chi connectivity index (χ4n) is 1.71. The number of aromatic nitrogens is 1. The van der Waals surface area contributed by atoms with Gasteiger partial charge in [-0.1, -0.05) is 35.5 Å². The molecule has 0 atom stereocenters. The van der Waals surface area contributed by atoms with Gasteiger partial charge in [0.1, 0.15) is 11.6 Å². The van der Waals surface area contributed by atoms with Gasteiger partial charge in [0.05, 0.1) is 0 Å². The number of hydrogen-bond donors (Lipinski definition) is 0. The molecule has 1 aromatic heterocycles. The van der Waals surface area contributed by atoms with Gasteiger partial charge in [-0.3, -0.25) is 9.69 Å². The van der Waals surface area contributed by atoms with Crippen LogP contribution >= 0.6 is 11.6 Å². The fourth-order valence-corrected chi connectivity index (χ4v) is 1.89. The third-order valence-corrected chi connectivity index (χ3v) is 2.97. The number of benzene rings is 1. The highest BCUT2D eigenvalue weighted by Gasteiger charge is 2.20. The molecule has 0 radical (unpaired) electrons. The molecule has 2 aromatic rings. The molecule has 0 fully saturated rings. The standard InChI is InChI=1S/C13H13ClN2O2/c1-9-12(10-6-4-3-5-7-10)15-18-13(9)16(2)11(17)8-14/h3-7H,8H2,1-2H3. The van der Waals surface area contributed by atoms with Gasteiger partial charge in [0.25, 0.3) is 0 Å². The molecule has 2 rings (SSSR count). The highest BCUT2D eigenvalue weighted by atomic mass is 35.5. The van der Waals surface area contributed by atoms with E-state index in [-0.39, 0.29) is 11.8 Å². The van der Waals surface area contributed by atoms with Gasteiger partial charge in [-0.05, 0) is 6.92 Å². The Bertz CT molecular complexity index is 551. The summed E-state index contributed by atoms with van der Waals surface area (Å²) in [5.74, 6) is 0.118. The molecular weight excluding hydrogens is 252 g/mol. The predicted octanol–water partition coefficient (Wildman–Crippen LogP) is 2.85. The van der Waals surface area contributed by atoms with E-state index >= 15 is 0 Å². The monoisotopic (exact) mass is 264 g/mol. The summed E-state index contributed by atoms with van der Waals surface area (Å²) < 4.78 is 5.23. The second-order valence-corrected chi connectivity index (χ2v) is 4.18. The molecule has 0 aliphatic carbocycles. The molecule has 0 bridgehead atoms. The number of carbonyl (C=O) groups excluding carboxylic acids is 1. The molecule has 0 saturated carbocycles. The topological polar surface area (TPSA) is 46.3 Å². The Balaban J connectivity index is 2.38. The van der Waals surface area contributed by atoms with E-state index in [0.717, 1.165) is 16.8 Å². The molecule has 0 saturated heterocycles. The summed E-state index contributed by atoms with van der Waals surface area (Å²) in [6, 6.07) is 9.67. The van der Waals surface area contributed by atoms with Crippen LogP contribution in [0.3, 0.4) is 0 Å². The maximum Gasteiger partial charge on any atom is 0.244 e. The van der Waals surface area contributed by atoms with Crippen molar-refractivity contribution in [3.05, 3.63) is 35.9 Å². The molecule has 5 heteroatoms. The van der Waals surface area contributed by atoms with Gasteiger partial charge in [0.2, 0.25) is 11.8 Å². The maximum absolute atomic E-state index is 11.5. The molecular formula is C13H13ClN2O2. The van der Waals surface area contributed by atoms with Crippen LogP contribution < -0.4 is 4.90 Å². The van der Waals surface area contributed by atoms with Crippen molar-refractivity contribution >= 4 is 23.4 Å². The zero-order chi connectivity index (χ0) is 13.1. The number of halogens is 1. The van der Waals surface area contributed by atoms with Gasteiger partial charge in [0, 0.05) is 18.2 Å². The Hall–Kier alpha value is -1.81. The van der Waals surface area contributed by atoms with Gasteiger partial charge in [-0.2, -0.15) is 0 Å². The molecule has 1 aromatic carbocycles. The van der Waals surface area contributed by atoms with Crippen molar-refractivity contribution in [2.24, 2.45) is 0 Å². The van der Waals surface area contributed by atoms with Crippen LogP contribution in [0.2, 0.25) is 0 Å². The normalized spacial score (nSPS) is 10.4. The van der Waals surface area contributed by atoms with Gasteiger partial charge in [-0.25, -0.2) is 0 Å². The Morgan fingerprint density at radius 1 is 1.39 bits per heavy atom. The summed E-state index contributed by atoms with van der Waals surface area (Å²) >= 11 is 5.52. The maximum atomic E-state index is 11.5. The van der Waals surface area contributed by atoms with E-state index in [1.807, 2.05) is 37.3 Å². The summed E-state index contributed by atoms with van der Waals surface area (Å²) in [6.07, 6.45) is 0. The third kappa shape index (κ3) is 2.24. The minimum Gasteiger partial charge on any atom is -0.337 e. The first-order valence-corrected chi connectivity index (χ1v) is 6.02. The highest BCUT2D eigenvalue weighted by molar-refractivity contribution is 6.29. The van der Waals surface area contributed by atoms with Crippen LogP contribution in [-0.4, -0.2) is 24.0 Å². The number of rotatable bonds is 3. The minimum atomic E-state index is -0.226. The molecule has 0 spiro atoms. The van der Waals surface area contributed by atoms with Gasteiger partial charge in [0.15, 0.2) is 0 Å². The van der Waals surface area contributed by atoms with Gasteiger partial charge < -0.3 is 4.52 Å². The van der Waals surface area contributed by atoms with Crippen molar-refractivity contribution in [3.8, 4) is 11.3 Å². The number of anilines is 1. The lowest BCUT2D eigenvalue weighted by Gasteiger charge is -2.11. The Labute approximate surface area is 110 Å². The van der Waals surface area contributed by atoms with Crippen LogP contribution in [0, 0.1) is 6.92 Å². The van der Waals surface area contributed by atoms with Crippen LogP contribution in [-0.2, 0) is 4.79 Å². The predicted molar refractivity (Wildman–Crippen MR) is 70.8 cm³/mol. The lowest BCUT2D eigenvalue weighted by molar-refractivity contribution is -0.116. The van der Waals surface area contributed by atoms with E-state index in [1.54, 1.807) is 7.05 Å². The summed E-state index contributed by atoms with van der Waals surface area (Å²) in [6.45, 7) is 1.87. The van der Waals surface area contributed by atoms with Crippen molar-refractivity contribution in [2.75, 3.05) is 17.8 Å². The number of carbonyl (C=O) groups is 1. The van der Waals surface area contributed by atoms with E-state index in [0.29, 0.717) is 5.88 Å². The number of hydrogen-bond acceptors (Lipinski definition) is 3. The average Bonchev–Trinajstić information content (AvgIpc) is 2.80. The van der Waals surface area contributed by atoms with Gasteiger partial charge >= 0.3 is 0 Å². The number of amides is 1. The lowest BCUT2D eigenvalue weighted by Crippen LogP contribution is -2.27. The molecule has 0 unspecified atom stereocenters. The smallest absolute Gasteiger partial charge is 0.244 e. The van der Waals surface area contributed by atoms with Crippen LogP contribution in [0.25, 0.3) is 11.3 Å². The van der Waals surface area contributed by atoms with Crippen molar-refractivity contribution in [3.63, 3.8) is 0 Å². The second kappa shape index (κ2) is 5.23. The first-order valence-electron chi connectivity index (χ1n) is 5.49. The summed E-state index contributed by atoms with van der Waals surface area (Å²) in [5.41, 5.74) is 2.51. The van der Waals surface area contributed by atoms with E-state index in [2.05, 4.69) is 5.16 Å².